The number of thioether (sulfide) groups is 2. The van der Waals surface area contributed by atoms with E-state index in [1.165, 1.54) is 50.0 Å². The van der Waals surface area contributed by atoms with Gasteiger partial charge < -0.3 is 50.3 Å². The van der Waals surface area contributed by atoms with Crippen molar-refractivity contribution >= 4 is 47.2 Å². The molecule has 11 atom stereocenters. The first-order valence-corrected chi connectivity index (χ1v) is 29.6. The molecule has 14 nitrogen and oxygen atoms in total. The first-order valence-electron chi connectivity index (χ1n) is 27.5. The van der Waals surface area contributed by atoms with Crippen LogP contribution in [0.15, 0.2) is 0 Å². The molecule has 0 aromatic carbocycles. The van der Waals surface area contributed by atoms with Gasteiger partial charge in [-0.15, -0.1) is 0 Å². The molecule has 69 heavy (non-hydrogen) atoms. The monoisotopic (exact) mass is 1010 g/mol. The molecule has 0 radical (unpaired) electrons. The second kappa shape index (κ2) is 31.2. The third-order valence-corrected chi connectivity index (χ3v) is 18.8. The molecule has 16 heteroatoms. The van der Waals surface area contributed by atoms with Gasteiger partial charge in [0.25, 0.3) is 0 Å². The van der Waals surface area contributed by atoms with E-state index < -0.39 is 0 Å². The summed E-state index contributed by atoms with van der Waals surface area (Å²) in [6.45, 7) is 19.7. The molecule has 8 heterocycles. The molecule has 8 fully saturated rings. The van der Waals surface area contributed by atoms with Crippen molar-refractivity contribution in [1.82, 2.24) is 40.9 Å². The summed E-state index contributed by atoms with van der Waals surface area (Å²) in [6, 6.07) is 0.0977. The Kier molecular flexibility index (Phi) is 26.3. The maximum atomic E-state index is 12.5. The fourth-order valence-corrected chi connectivity index (χ4v) is 13.8. The van der Waals surface area contributed by atoms with Gasteiger partial charge >= 0.3 is 0 Å². The van der Waals surface area contributed by atoms with Crippen LogP contribution >= 0.6 is 23.5 Å². The highest BCUT2D eigenvalue weighted by Crippen LogP contribution is 2.30. The fourth-order valence-electron chi connectivity index (χ4n) is 11.2. The van der Waals surface area contributed by atoms with Gasteiger partial charge in [-0.2, -0.15) is 23.5 Å². The van der Waals surface area contributed by atoms with E-state index in [0.29, 0.717) is 57.8 Å². The summed E-state index contributed by atoms with van der Waals surface area (Å²) >= 11 is 4.12. The van der Waals surface area contributed by atoms with Crippen LogP contribution in [-0.2, 0) is 28.7 Å². The van der Waals surface area contributed by atoms with Gasteiger partial charge in [0.2, 0.25) is 23.6 Å². The zero-order valence-corrected chi connectivity index (χ0v) is 46.1. The number of likely N-dealkylation sites (N-methyl/N-ethyl adjacent to an activating group) is 4. The SMILES string of the molecule is CNC1CC(C)CCN(CC2CCCCCS2)C1=O.CNC1CC(C)CCN(CC2CCCS2)C1=O.CNC1CC(C)CCN(CC2CCOC2)C1=O.CNC1CC(C)CCN(CC2COC2)C1=O. The predicted molar refractivity (Wildman–Crippen MR) is 285 cm³/mol. The number of hydrogen-bond acceptors (Lipinski definition) is 12. The lowest BCUT2D eigenvalue weighted by Crippen LogP contribution is -2.48. The summed E-state index contributed by atoms with van der Waals surface area (Å²) < 4.78 is 10.5. The number of carbonyl (C=O) groups is 4. The molecule has 0 aromatic rings. The minimum Gasteiger partial charge on any atom is -0.381 e. The summed E-state index contributed by atoms with van der Waals surface area (Å²) in [5.74, 6) is 7.43. The predicted octanol–water partition coefficient (Wildman–Crippen LogP) is 5.59. The lowest BCUT2D eigenvalue weighted by Gasteiger charge is -2.33. The maximum absolute atomic E-state index is 12.5. The molecule has 11 unspecified atom stereocenters. The summed E-state index contributed by atoms with van der Waals surface area (Å²) in [5, 5.41) is 14.0. The third kappa shape index (κ3) is 19.3. The Labute approximate surface area is 427 Å². The van der Waals surface area contributed by atoms with Crippen molar-refractivity contribution in [3.05, 3.63) is 0 Å². The van der Waals surface area contributed by atoms with Crippen LogP contribution in [0.1, 0.15) is 124 Å². The van der Waals surface area contributed by atoms with Crippen LogP contribution in [0.2, 0.25) is 0 Å². The summed E-state index contributed by atoms with van der Waals surface area (Å²) in [7, 11) is 7.59. The molecule has 0 bridgehead atoms. The number of amides is 4. The van der Waals surface area contributed by atoms with Gasteiger partial charge in [-0.3, -0.25) is 19.2 Å². The molecule has 0 saturated carbocycles. The zero-order valence-electron chi connectivity index (χ0n) is 44.5. The second-order valence-electron chi connectivity index (χ2n) is 22.1. The summed E-state index contributed by atoms with van der Waals surface area (Å²) in [4.78, 5) is 57.8. The molecule has 398 valence electrons. The van der Waals surface area contributed by atoms with Crippen LogP contribution < -0.4 is 21.3 Å². The van der Waals surface area contributed by atoms with Crippen molar-refractivity contribution in [1.29, 1.82) is 0 Å². The van der Waals surface area contributed by atoms with Gasteiger partial charge in [0, 0.05) is 81.3 Å². The van der Waals surface area contributed by atoms with E-state index in [-0.39, 0.29) is 36.0 Å². The van der Waals surface area contributed by atoms with Crippen LogP contribution in [0, 0.1) is 35.5 Å². The average molecular weight is 1010 g/mol. The summed E-state index contributed by atoms with van der Waals surface area (Å²) in [5.41, 5.74) is 0. The number of likely N-dealkylation sites (tertiary alicyclic amines) is 4. The number of hydrogen-bond donors (Lipinski definition) is 4. The van der Waals surface area contributed by atoms with Crippen molar-refractivity contribution in [2.75, 3.05) is 118 Å². The van der Waals surface area contributed by atoms with E-state index in [1.807, 2.05) is 49.8 Å². The minimum absolute atomic E-state index is 0.00909. The van der Waals surface area contributed by atoms with Crippen LogP contribution in [0.5, 0.6) is 0 Å². The Morgan fingerprint density at radius 2 is 0.797 bits per heavy atom. The lowest BCUT2D eigenvalue weighted by molar-refractivity contribution is -0.136. The summed E-state index contributed by atoms with van der Waals surface area (Å²) in [6.07, 6.45) is 17.5. The molecular formula is C53H98N8O6S2. The first-order chi connectivity index (χ1) is 33.3. The van der Waals surface area contributed by atoms with Crippen LogP contribution in [0.3, 0.4) is 0 Å². The fraction of sp³-hybridized carbons (Fsp3) is 0.925. The van der Waals surface area contributed by atoms with E-state index in [1.54, 1.807) is 0 Å². The number of ether oxygens (including phenoxy) is 2. The van der Waals surface area contributed by atoms with Gasteiger partial charge in [-0.25, -0.2) is 0 Å². The highest BCUT2D eigenvalue weighted by atomic mass is 32.2. The van der Waals surface area contributed by atoms with Crippen molar-refractivity contribution in [2.45, 2.75) is 159 Å². The van der Waals surface area contributed by atoms with Gasteiger partial charge in [0.05, 0.1) is 44.0 Å². The van der Waals surface area contributed by atoms with Gasteiger partial charge in [0.15, 0.2) is 0 Å². The van der Waals surface area contributed by atoms with Crippen molar-refractivity contribution < 1.29 is 28.7 Å². The lowest BCUT2D eigenvalue weighted by atomic mass is 10.0. The van der Waals surface area contributed by atoms with Gasteiger partial charge in [0.1, 0.15) is 0 Å². The van der Waals surface area contributed by atoms with E-state index in [9.17, 15) is 19.2 Å². The minimum atomic E-state index is 0.00909. The number of carbonyl (C=O) groups excluding carboxylic acids is 4. The maximum Gasteiger partial charge on any atom is 0.239 e. The Bertz CT molecular complexity index is 1460. The van der Waals surface area contributed by atoms with Crippen molar-refractivity contribution in [3.8, 4) is 0 Å². The zero-order chi connectivity index (χ0) is 49.7. The molecule has 0 spiro atoms. The number of nitrogens with zero attached hydrogens (tertiary/aromatic N) is 4. The molecule has 0 aromatic heterocycles. The molecule has 8 saturated heterocycles. The van der Waals surface area contributed by atoms with E-state index in [0.717, 1.165) is 137 Å². The Hall–Kier alpha value is -1.66. The molecule has 8 aliphatic heterocycles. The first kappa shape index (κ1) is 58.2. The quantitative estimate of drug-likeness (QED) is 0.194. The Morgan fingerprint density at radius 1 is 0.435 bits per heavy atom. The second-order valence-corrected chi connectivity index (χ2v) is 24.9. The van der Waals surface area contributed by atoms with Crippen LogP contribution in [0.4, 0.5) is 0 Å². The highest BCUT2D eigenvalue weighted by molar-refractivity contribution is 8.00. The van der Waals surface area contributed by atoms with Crippen LogP contribution in [0.25, 0.3) is 0 Å². The largest absolute Gasteiger partial charge is 0.381 e. The number of nitrogens with one attached hydrogen (secondary N) is 4. The average Bonchev–Trinajstić information content (AvgIpc) is 3.87. The molecule has 8 rings (SSSR count). The van der Waals surface area contributed by atoms with E-state index in [2.05, 4.69) is 70.5 Å². The molecule has 4 N–H and O–H groups in total. The molecule has 0 aliphatic carbocycles. The molecular weight excluding hydrogens is 909 g/mol. The third-order valence-electron chi connectivity index (χ3n) is 16.0. The smallest absolute Gasteiger partial charge is 0.239 e. The van der Waals surface area contributed by atoms with E-state index in [4.69, 9.17) is 9.47 Å². The van der Waals surface area contributed by atoms with Gasteiger partial charge in [-0.1, -0.05) is 40.5 Å². The Balaban J connectivity index is 0.000000172. The number of rotatable bonds is 12. The Morgan fingerprint density at radius 3 is 1.14 bits per heavy atom. The van der Waals surface area contributed by atoms with E-state index >= 15 is 0 Å². The van der Waals surface area contributed by atoms with Gasteiger partial charge in [-0.05, 0) is 147 Å². The molecule has 8 aliphatic rings. The molecule has 4 amide bonds. The standard InChI is InChI=1S/C15H28N2OS.C13H24N2O2.C13H24N2OS.C12H22N2O2/c1-12-7-8-17(15(18)14(10-12)16-2)11-13-6-4-3-5-9-19-13;1-10-3-5-15(8-11-4-6-17-9-11)13(16)12(7-10)14-2;1-10-5-6-15(9-11-4-3-7-17-11)13(16)12(8-10)14-2;1-9-3-4-14(6-10-7-16-8-10)12(15)11(5-9)13-2/h12-14,16H,3-11H2,1-2H3;2*10-12,14H,3-9H2,1-2H3;9-11,13H,3-8H2,1-2H3. The highest BCUT2D eigenvalue weighted by Gasteiger charge is 2.35. The normalized spacial score (nSPS) is 34.1. The van der Waals surface area contributed by atoms with Crippen molar-refractivity contribution in [2.24, 2.45) is 35.5 Å². The van der Waals surface area contributed by atoms with Crippen molar-refractivity contribution in [3.63, 3.8) is 0 Å². The van der Waals surface area contributed by atoms with Crippen LogP contribution in [-0.4, -0.2) is 196 Å². The topological polar surface area (TPSA) is 148 Å².